The third kappa shape index (κ3) is 4.97. The lowest BCUT2D eigenvalue weighted by atomic mass is 10.2. The Labute approximate surface area is 181 Å². The molecule has 0 saturated carbocycles. The fourth-order valence-electron chi connectivity index (χ4n) is 3.11. The van der Waals surface area contributed by atoms with Crippen molar-refractivity contribution in [2.45, 2.75) is 17.9 Å². The first kappa shape index (κ1) is 20.7. The van der Waals surface area contributed by atoms with E-state index in [0.29, 0.717) is 23.8 Å². The summed E-state index contributed by atoms with van der Waals surface area (Å²) in [5, 5.41) is 2.77. The van der Waals surface area contributed by atoms with Gasteiger partial charge in [-0.1, -0.05) is 35.9 Å². The Hall–Kier alpha value is -3.52. The summed E-state index contributed by atoms with van der Waals surface area (Å²) in [6, 6.07) is 20.2. The molecule has 8 heteroatoms. The highest BCUT2D eigenvalue weighted by Gasteiger charge is 2.22. The Bertz CT molecular complexity index is 1190. The van der Waals surface area contributed by atoms with Crippen molar-refractivity contribution in [2.75, 3.05) is 17.9 Å². The van der Waals surface area contributed by atoms with E-state index in [1.54, 1.807) is 24.3 Å². The quantitative estimate of drug-likeness (QED) is 0.616. The summed E-state index contributed by atoms with van der Waals surface area (Å²) in [6.45, 7) is 2.46. The number of rotatable bonds is 6. The number of carbonyl (C=O) groups is 1. The first-order valence-electron chi connectivity index (χ1n) is 9.77. The van der Waals surface area contributed by atoms with Crippen molar-refractivity contribution in [3.63, 3.8) is 0 Å². The van der Waals surface area contributed by atoms with E-state index in [1.807, 2.05) is 37.3 Å². The van der Waals surface area contributed by atoms with Crippen LogP contribution in [0.1, 0.15) is 15.9 Å². The van der Waals surface area contributed by atoms with Crippen molar-refractivity contribution in [1.29, 1.82) is 0 Å². The molecule has 2 N–H and O–H groups in total. The molecule has 0 aromatic heterocycles. The second-order valence-corrected chi connectivity index (χ2v) is 8.89. The molecule has 0 aliphatic carbocycles. The Kier molecular flexibility index (Phi) is 5.81. The number of sulfonamides is 1. The summed E-state index contributed by atoms with van der Waals surface area (Å²) in [6.07, 6.45) is -0.339. The van der Waals surface area contributed by atoms with Crippen LogP contribution in [0, 0.1) is 6.92 Å². The smallest absolute Gasteiger partial charge is 0.261 e. The number of amides is 1. The lowest BCUT2D eigenvalue weighted by Crippen LogP contribution is -2.40. The lowest BCUT2D eigenvalue weighted by Gasteiger charge is -2.26. The number of aryl methyl sites for hydroxylation is 1. The van der Waals surface area contributed by atoms with Gasteiger partial charge < -0.3 is 14.8 Å². The van der Waals surface area contributed by atoms with Crippen LogP contribution in [0.25, 0.3) is 0 Å². The number of ether oxygens (including phenoxy) is 2. The van der Waals surface area contributed by atoms with Gasteiger partial charge in [-0.25, -0.2) is 8.42 Å². The number of nitrogens with one attached hydrogen (secondary N) is 2. The number of hydrogen-bond donors (Lipinski definition) is 2. The van der Waals surface area contributed by atoms with Gasteiger partial charge in [-0.3, -0.25) is 9.52 Å². The molecule has 0 saturated heterocycles. The minimum absolute atomic E-state index is 0.00639. The average molecular weight is 439 g/mol. The summed E-state index contributed by atoms with van der Waals surface area (Å²) < 4.78 is 39.4. The fraction of sp³-hybridized carbons (Fsp3) is 0.174. The number of para-hydroxylation sites is 2. The Morgan fingerprint density at radius 3 is 2.52 bits per heavy atom. The maximum atomic E-state index is 12.7. The predicted molar refractivity (Wildman–Crippen MR) is 117 cm³/mol. The van der Waals surface area contributed by atoms with Crippen molar-refractivity contribution >= 4 is 21.6 Å². The highest BCUT2D eigenvalue weighted by molar-refractivity contribution is 7.92. The van der Waals surface area contributed by atoms with Gasteiger partial charge in [-0.15, -0.1) is 0 Å². The molecule has 4 rings (SSSR count). The second kappa shape index (κ2) is 8.69. The molecular formula is C23H22N2O5S. The number of benzene rings is 3. The molecule has 1 atom stereocenters. The van der Waals surface area contributed by atoms with Crippen molar-refractivity contribution in [1.82, 2.24) is 5.32 Å². The zero-order valence-corrected chi connectivity index (χ0v) is 17.7. The molecule has 160 valence electrons. The van der Waals surface area contributed by atoms with Gasteiger partial charge in [0.25, 0.3) is 15.9 Å². The normalized spacial score (nSPS) is 15.2. The second-order valence-electron chi connectivity index (χ2n) is 7.21. The minimum atomic E-state index is -3.83. The molecule has 1 unspecified atom stereocenters. The molecule has 0 fully saturated rings. The zero-order chi connectivity index (χ0) is 21.8. The standard InChI is InChI=1S/C23H22N2O5S/c1-16-9-11-18(12-10-16)25-31(27,28)20-6-4-5-17(13-20)23(26)24-14-19-15-29-21-7-2-3-8-22(21)30-19/h2-13,19,25H,14-15H2,1H3,(H,24,26). The van der Waals surface area contributed by atoms with Crippen LogP contribution in [0.15, 0.2) is 77.7 Å². The number of carbonyl (C=O) groups excluding carboxylic acids is 1. The molecular weight excluding hydrogens is 416 g/mol. The molecule has 1 amide bonds. The van der Waals surface area contributed by atoms with E-state index >= 15 is 0 Å². The minimum Gasteiger partial charge on any atom is -0.486 e. The van der Waals surface area contributed by atoms with E-state index in [2.05, 4.69) is 10.0 Å². The van der Waals surface area contributed by atoms with E-state index in [0.717, 1.165) is 5.56 Å². The van der Waals surface area contributed by atoms with Gasteiger partial charge in [0.15, 0.2) is 11.5 Å². The Balaban J connectivity index is 1.40. The van der Waals surface area contributed by atoms with Gasteiger partial charge in [-0.2, -0.15) is 0 Å². The summed E-state index contributed by atoms with van der Waals surface area (Å²) in [5.41, 5.74) is 1.72. The third-order valence-electron chi connectivity index (χ3n) is 4.77. The zero-order valence-electron chi connectivity index (χ0n) is 16.9. The predicted octanol–water partition coefficient (Wildman–Crippen LogP) is 3.37. The van der Waals surface area contributed by atoms with Gasteiger partial charge in [-0.05, 0) is 49.4 Å². The summed E-state index contributed by atoms with van der Waals surface area (Å²) in [4.78, 5) is 12.6. The summed E-state index contributed by atoms with van der Waals surface area (Å²) >= 11 is 0. The van der Waals surface area contributed by atoms with Gasteiger partial charge in [0.05, 0.1) is 11.4 Å². The van der Waals surface area contributed by atoms with Crippen LogP contribution in [0.5, 0.6) is 11.5 Å². The summed E-state index contributed by atoms with van der Waals surface area (Å²) in [7, 11) is -3.83. The summed E-state index contributed by atoms with van der Waals surface area (Å²) in [5.74, 6) is 0.905. The molecule has 0 radical (unpaired) electrons. The topological polar surface area (TPSA) is 93.7 Å². The maximum absolute atomic E-state index is 12.7. The molecule has 3 aromatic carbocycles. The van der Waals surface area contributed by atoms with Gasteiger partial charge in [0.2, 0.25) is 0 Å². The third-order valence-corrected chi connectivity index (χ3v) is 6.15. The fourth-order valence-corrected chi connectivity index (χ4v) is 4.22. The monoisotopic (exact) mass is 438 g/mol. The Morgan fingerprint density at radius 2 is 1.74 bits per heavy atom. The highest BCUT2D eigenvalue weighted by Crippen LogP contribution is 2.30. The number of fused-ring (bicyclic) bond motifs is 1. The average Bonchev–Trinajstić information content (AvgIpc) is 2.79. The van der Waals surface area contributed by atoms with E-state index in [1.165, 1.54) is 18.2 Å². The molecule has 3 aromatic rings. The van der Waals surface area contributed by atoms with Crippen LogP contribution < -0.4 is 19.5 Å². The van der Waals surface area contributed by atoms with Crippen molar-refractivity contribution in [3.8, 4) is 11.5 Å². The van der Waals surface area contributed by atoms with E-state index < -0.39 is 15.9 Å². The van der Waals surface area contributed by atoms with E-state index in [9.17, 15) is 13.2 Å². The van der Waals surface area contributed by atoms with E-state index in [4.69, 9.17) is 9.47 Å². The first-order valence-corrected chi connectivity index (χ1v) is 11.3. The molecule has 31 heavy (non-hydrogen) atoms. The first-order chi connectivity index (χ1) is 14.9. The highest BCUT2D eigenvalue weighted by atomic mass is 32.2. The van der Waals surface area contributed by atoms with Crippen molar-refractivity contribution < 1.29 is 22.7 Å². The van der Waals surface area contributed by atoms with Crippen LogP contribution >= 0.6 is 0 Å². The largest absolute Gasteiger partial charge is 0.486 e. The molecule has 0 bridgehead atoms. The molecule has 0 spiro atoms. The lowest BCUT2D eigenvalue weighted by molar-refractivity contribution is 0.0789. The van der Waals surface area contributed by atoms with Gasteiger partial charge >= 0.3 is 0 Å². The number of hydrogen-bond acceptors (Lipinski definition) is 5. The SMILES string of the molecule is Cc1ccc(NS(=O)(=O)c2cccc(C(=O)NCC3COc4ccccc4O3)c2)cc1. The van der Waals surface area contributed by atoms with Crippen molar-refractivity contribution in [2.24, 2.45) is 0 Å². The molecule has 7 nitrogen and oxygen atoms in total. The van der Waals surface area contributed by atoms with Gasteiger partial charge in [0, 0.05) is 11.3 Å². The van der Waals surface area contributed by atoms with E-state index in [-0.39, 0.29) is 23.1 Å². The Morgan fingerprint density at radius 1 is 1.00 bits per heavy atom. The molecule has 1 heterocycles. The van der Waals surface area contributed by atoms with Crippen LogP contribution in [0.2, 0.25) is 0 Å². The van der Waals surface area contributed by atoms with Crippen LogP contribution in [-0.2, 0) is 10.0 Å². The van der Waals surface area contributed by atoms with Crippen LogP contribution in [-0.4, -0.2) is 33.6 Å². The molecule has 1 aliphatic heterocycles. The number of anilines is 1. The van der Waals surface area contributed by atoms with Crippen LogP contribution in [0.3, 0.4) is 0 Å². The van der Waals surface area contributed by atoms with Gasteiger partial charge in [0.1, 0.15) is 12.7 Å². The maximum Gasteiger partial charge on any atom is 0.261 e. The molecule has 1 aliphatic rings. The van der Waals surface area contributed by atoms with Crippen molar-refractivity contribution in [3.05, 3.63) is 83.9 Å². The van der Waals surface area contributed by atoms with Crippen LogP contribution in [0.4, 0.5) is 5.69 Å².